The zero-order valence-corrected chi connectivity index (χ0v) is 39.1. The van der Waals surface area contributed by atoms with Gasteiger partial charge in [-0.2, -0.15) is 4.57 Å². The van der Waals surface area contributed by atoms with Crippen molar-refractivity contribution in [1.29, 1.82) is 0 Å². The van der Waals surface area contributed by atoms with Crippen molar-refractivity contribution in [1.82, 2.24) is 4.57 Å². The van der Waals surface area contributed by atoms with E-state index in [0.717, 1.165) is 89.4 Å². The van der Waals surface area contributed by atoms with Crippen LogP contribution in [0.15, 0.2) is 127 Å². The standard InChI is InChI=1S/C60H61N3O/c1-34(2)42-29-47(37(7)8)57-50(30-42)58-62(51-25-24-41(28-38(51)9)54-44(35(3)4)20-16-21-45(54)36(5)6)52-23-17-22-46-48-32-43(59(10,11)12)33-49-53-31-40(39-18-14-13-15-19-39)26-27-61(53)60(64-57,55(48)49)63(58)56(46)52/h13-37H,1-12H3/q+2/i13D,14D,15D,18D,19D,34D,35D,37D. The van der Waals surface area contributed by atoms with Crippen LogP contribution < -0.4 is 13.9 Å². The number of ether oxygens (including phenoxy) is 1. The van der Waals surface area contributed by atoms with Gasteiger partial charge in [0, 0.05) is 27.4 Å². The normalized spacial score (nSPS) is 17.9. The van der Waals surface area contributed by atoms with Crippen molar-refractivity contribution < 1.29 is 24.8 Å². The Kier molecular flexibility index (Phi) is 7.15. The lowest BCUT2D eigenvalue weighted by Gasteiger charge is -2.34. The minimum Gasteiger partial charge on any atom is -0.392 e. The number of hydrogen-bond donors (Lipinski definition) is 0. The van der Waals surface area contributed by atoms with Crippen molar-refractivity contribution in [3.8, 4) is 67.5 Å². The number of nitrogens with zero attached hydrogens (tertiary/aromatic N) is 3. The van der Waals surface area contributed by atoms with E-state index in [9.17, 15) is 4.11 Å². The van der Waals surface area contributed by atoms with E-state index >= 15 is 0 Å². The highest BCUT2D eigenvalue weighted by Crippen LogP contribution is 2.56. The number of benzene rings is 6. The maximum atomic E-state index is 9.79. The lowest BCUT2D eigenvalue weighted by Crippen LogP contribution is -2.78. The van der Waals surface area contributed by atoms with Crippen molar-refractivity contribution in [3.63, 3.8) is 0 Å². The Labute approximate surface area is 391 Å². The maximum Gasteiger partial charge on any atom is 0.499 e. The van der Waals surface area contributed by atoms with E-state index < -0.39 is 41.7 Å². The molecule has 6 aromatic carbocycles. The number of aromatic nitrogens is 3. The minimum absolute atomic E-state index is 0.117. The van der Waals surface area contributed by atoms with Gasteiger partial charge >= 0.3 is 11.7 Å². The van der Waals surface area contributed by atoms with Crippen LogP contribution in [0.2, 0.25) is 0 Å². The maximum absolute atomic E-state index is 9.79. The second kappa shape index (κ2) is 14.1. The van der Waals surface area contributed by atoms with Gasteiger partial charge in [0.15, 0.2) is 23.0 Å². The quantitative estimate of drug-likeness (QED) is 0.146. The molecule has 5 heterocycles. The molecule has 4 heteroatoms. The largest absolute Gasteiger partial charge is 0.499 e. The van der Waals surface area contributed by atoms with Crippen molar-refractivity contribution in [2.75, 3.05) is 0 Å². The molecule has 0 saturated carbocycles. The predicted octanol–water partition coefficient (Wildman–Crippen LogP) is 14.9. The number of para-hydroxylation sites is 1. The highest BCUT2D eigenvalue weighted by Gasteiger charge is 2.69. The Morgan fingerprint density at radius 3 is 2.08 bits per heavy atom. The fraction of sp³-hybridized carbons (Fsp3) is 0.300. The first kappa shape index (κ1) is 32.4. The van der Waals surface area contributed by atoms with Gasteiger partial charge in [0.25, 0.3) is 0 Å². The van der Waals surface area contributed by atoms with Gasteiger partial charge in [-0.05, 0) is 134 Å². The molecule has 11 rings (SSSR count). The van der Waals surface area contributed by atoms with Gasteiger partial charge in [-0.15, -0.1) is 9.13 Å². The molecule has 320 valence electrons. The Morgan fingerprint density at radius 1 is 0.672 bits per heavy atom. The van der Waals surface area contributed by atoms with Gasteiger partial charge in [0.1, 0.15) is 16.8 Å². The van der Waals surface area contributed by atoms with Crippen molar-refractivity contribution >= 4 is 11.0 Å². The van der Waals surface area contributed by atoms with Crippen LogP contribution in [0.25, 0.3) is 72.7 Å². The molecule has 0 fully saturated rings. The molecule has 8 aromatic rings. The molecule has 0 aliphatic carbocycles. The fourth-order valence-electron chi connectivity index (χ4n) is 10.7. The minimum atomic E-state index is -1.43. The second-order valence-corrected chi connectivity index (χ2v) is 20.1. The number of fused-ring (bicyclic) bond motifs is 5. The summed E-state index contributed by atoms with van der Waals surface area (Å²) in [5.74, 6) is -2.91. The molecule has 0 bridgehead atoms. The van der Waals surface area contributed by atoms with Crippen LogP contribution in [-0.2, 0) is 11.3 Å². The average Bonchev–Trinajstić information content (AvgIpc) is 3.79. The summed E-state index contributed by atoms with van der Waals surface area (Å²) in [6, 6.07) is 29.9. The summed E-state index contributed by atoms with van der Waals surface area (Å²) in [5, 5.41) is 0. The predicted molar refractivity (Wildman–Crippen MR) is 264 cm³/mol. The van der Waals surface area contributed by atoms with E-state index in [1.165, 1.54) is 5.56 Å². The van der Waals surface area contributed by atoms with Crippen LogP contribution in [0.1, 0.15) is 150 Å². The van der Waals surface area contributed by atoms with Crippen LogP contribution in [0.3, 0.4) is 0 Å². The molecule has 1 unspecified atom stereocenters. The SMILES string of the molecule is [2H]c1c([2H])c([2H])c(-c2cc[n+]3c(c2)-c2cc(C(C)(C)C)cc4c2C32Oc3c(cc(C([2H])(C)C)cc3C([2H])(C)C)-c3n(-c5ccc(-c6c(C(C)C)cccc6C([2H])(C)C)cc5C)c5cccc-4c5[n+]32)c([2H])c1[2H]. The summed E-state index contributed by atoms with van der Waals surface area (Å²) in [6.07, 6.45) is 1.93. The zero-order chi connectivity index (χ0) is 51.8. The number of hydrogen-bond acceptors (Lipinski definition) is 1. The van der Waals surface area contributed by atoms with Gasteiger partial charge in [0.05, 0.1) is 12.4 Å². The Balaban J connectivity index is 1.31. The smallest absolute Gasteiger partial charge is 0.392 e. The van der Waals surface area contributed by atoms with E-state index in [0.29, 0.717) is 16.9 Å². The van der Waals surface area contributed by atoms with Crippen LogP contribution in [0, 0.1) is 6.92 Å². The molecule has 4 nitrogen and oxygen atoms in total. The Morgan fingerprint density at radius 2 is 1.39 bits per heavy atom. The highest BCUT2D eigenvalue weighted by molar-refractivity contribution is 5.98. The molecule has 0 amide bonds. The topological polar surface area (TPSA) is 21.9 Å². The van der Waals surface area contributed by atoms with E-state index in [2.05, 4.69) is 128 Å². The third-order valence-corrected chi connectivity index (χ3v) is 13.8. The van der Waals surface area contributed by atoms with Crippen molar-refractivity contribution in [2.45, 2.75) is 118 Å². The summed E-state index contributed by atoms with van der Waals surface area (Å²) in [5.41, 5.74) is 16.2. The Bertz CT molecular complexity index is 3680. The molecule has 64 heavy (non-hydrogen) atoms. The van der Waals surface area contributed by atoms with E-state index in [-0.39, 0.29) is 29.0 Å². The molecule has 1 spiro atoms. The van der Waals surface area contributed by atoms with Crippen molar-refractivity contribution in [2.24, 2.45) is 0 Å². The van der Waals surface area contributed by atoms with E-state index in [1.54, 1.807) is 0 Å². The highest BCUT2D eigenvalue weighted by atomic mass is 16.5. The molecule has 0 radical (unpaired) electrons. The third-order valence-electron chi connectivity index (χ3n) is 13.8. The summed E-state index contributed by atoms with van der Waals surface area (Å²) in [7, 11) is 0. The molecule has 1 atom stereocenters. The van der Waals surface area contributed by atoms with E-state index in [1.807, 2.05) is 65.9 Å². The van der Waals surface area contributed by atoms with Gasteiger partial charge in [0.2, 0.25) is 5.69 Å². The first-order valence-corrected chi connectivity index (χ1v) is 22.6. The summed E-state index contributed by atoms with van der Waals surface area (Å²) < 4.78 is 86.8. The van der Waals surface area contributed by atoms with Crippen LogP contribution >= 0.6 is 0 Å². The first-order valence-electron chi connectivity index (χ1n) is 26.6. The van der Waals surface area contributed by atoms with Crippen molar-refractivity contribution in [3.05, 3.63) is 166 Å². The molecule has 2 aromatic heterocycles. The van der Waals surface area contributed by atoms with Gasteiger partial charge < -0.3 is 4.74 Å². The van der Waals surface area contributed by atoms with Gasteiger partial charge in [-0.25, -0.2) is 0 Å². The summed E-state index contributed by atoms with van der Waals surface area (Å²) >= 11 is 0. The van der Waals surface area contributed by atoms with Gasteiger partial charge in [-0.3, -0.25) is 0 Å². The van der Waals surface area contributed by atoms with Crippen LogP contribution in [-0.4, -0.2) is 4.57 Å². The summed E-state index contributed by atoms with van der Waals surface area (Å²) in [4.78, 5) is 0. The number of imidazole rings is 1. The molecular weight excluding hydrogens is 779 g/mol. The lowest BCUT2D eigenvalue weighted by molar-refractivity contribution is -0.997. The molecule has 3 aliphatic heterocycles. The number of rotatable bonds is 7. The number of pyridine rings is 1. The molecule has 0 saturated heterocycles. The lowest BCUT2D eigenvalue weighted by atomic mass is 9.80. The molecule has 0 N–H and O–H groups in total. The van der Waals surface area contributed by atoms with Crippen LogP contribution in [0.5, 0.6) is 5.75 Å². The van der Waals surface area contributed by atoms with Crippen LogP contribution in [0.4, 0.5) is 0 Å². The summed E-state index contributed by atoms with van der Waals surface area (Å²) in [6.45, 7) is 24.5. The van der Waals surface area contributed by atoms with Gasteiger partial charge in [-0.1, -0.05) is 143 Å². The Hall–Kier alpha value is -6.26. The fourth-order valence-corrected chi connectivity index (χ4v) is 10.7. The monoisotopic (exact) mass is 848 g/mol. The zero-order valence-electron chi connectivity index (χ0n) is 47.1. The number of aryl methyl sites for hydroxylation is 1. The molecular formula is C60H61N3O+2. The molecule has 3 aliphatic rings. The second-order valence-electron chi connectivity index (χ2n) is 20.1. The third kappa shape index (κ3) is 5.60. The average molecular weight is 848 g/mol. The van der Waals surface area contributed by atoms with E-state index in [4.69, 9.17) is 11.6 Å². The first-order chi connectivity index (χ1) is 33.6.